The molecule has 0 saturated carbocycles. The van der Waals surface area contributed by atoms with E-state index in [4.69, 9.17) is 4.74 Å². The molecule has 0 aliphatic carbocycles. The molecule has 0 N–H and O–H groups in total. The van der Waals surface area contributed by atoms with Crippen LogP contribution in [-0.4, -0.2) is 45.1 Å². The summed E-state index contributed by atoms with van der Waals surface area (Å²) >= 11 is 0.405. The van der Waals surface area contributed by atoms with Crippen molar-refractivity contribution in [2.75, 3.05) is 13.2 Å². The molecule has 2 saturated heterocycles. The van der Waals surface area contributed by atoms with Gasteiger partial charge in [0.1, 0.15) is 0 Å². The first kappa shape index (κ1) is 10.3. The average Bonchev–Trinajstić information content (AvgIpc) is 2.31. The summed E-state index contributed by atoms with van der Waals surface area (Å²) in [7, 11) is 0. The van der Waals surface area contributed by atoms with Crippen LogP contribution in [0.5, 0.6) is 0 Å². The van der Waals surface area contributed by atoms with Gasteiger partial charge in [-0.05, 0) is 0 Å². The summed E-state index contributed by atoms with van der Waals surface area (Å²) in [5.41, 5.74) is 0. The molecular formula is C12H13NO2Se. The zero-order chi connectivity index (χ0) is 11.0. The van der Waals surface area contributed by atoms with E-state index < -0.39 is 0 Å². The van der Waals surface area contributed by atoms with Crippen LogP contribution in [0.1, 0.15) is 6.42 Å². The molecular weight excluding hydrogens is 269 g/mol. The van der Waals surface area contributed by atoms with Crippen LogP contribution < -0.4 is 4.46 Å². The Hall–Kier alpha value is -0.831. The van der Waals surface area contributed by atoms with Crippen LogP contribution in [0.2, 0.25) is 4.82 Å². The number of β-lactam (4-membered cyclic amide) rings is 1. The molecule has 1 unspecified atom stereocenters. The third kappa shape index (κ3) is 1.88. The minimum atomic E-state index is 0.0929. The van der Waals surface area contributed by atoms with E-state index in [0.29, 0.717) is 26.2 Å². The van der Waals surface area contributed by atoms with Gasteiger partial charge in [0.05, 0.1) is 0 Å². The third-order valence-electron chi connectivity index (χ3n) is 2.94. The molecule has 3 nitrogen and oxygen atoms in total. The SMILES string of the molecule is O=C1C[C@H]2OCC([Se]c3ccccc3)CN12. The fourth-order valence-electron chi connectivity index (χ4n) is 2.05. The van der Waals surface area contributed by atoms with Crippen LogP contribution in [0, 0.1) is 0 Å². The average molecular weight is 282 g/mol. The van der Waals surface area contributed by atoms with Gasteiger partial charge in [0, 0.05) is 0 Å². The van der Waals surface area contributed by atoms with Crippen molar-refractivity contribution in [3.8, 4) is 0 Å². The van der Waals surface area contributed by atoms with Crippen LogP contribution in [0.3, 0.4) is 0 Å². The van der Waals surface area contributed by atoms with E-state index in [1.807, 2.05) is 11.0 Å². The van der Waals surface area contributed by atoms with Crippen molar-refractivity contribution in [2.24, 2.45) is 0 Å². The molecule has 1 amide bonds. The first-order valence-electron chi connectivity index (χ1n) is 5.46. The van der Waals surface area contributed by atoms with Crippen molar-refractivity contribution in [1.29, 1.82) is 0 Å². The summed E-state index contributed by atoms with van der Waals surface area (Å²) in [6.45, 7) is 1.70. The van der Waals surface area contributed by atoms with Gasteiger partial charge in [-0.25, -0.2) is 0 Å². The number of benzene rings is 1. The minimum absolute atomic E-state index is 0.0929. The van der Waals surface area contributed by atoms with Crippen molar-refractivity contribution >= 4 is 25.3 Å². The number of carbonyl (C=O) groups is 1. The van der Waals surface area contributed by atoms with Crippen molar-refractivity contribution < 1.29 is 9.53 Å². The van der Waals surface area contributed by atoms with Crippen LogP contribution >= 0.6 is 0 Å². The molecule has 16 heavy (non-hydrogen) atoms. The quantitative estimate of drug-likeness (QED) is 0.580. The van der Waals surface area contributed by atoms with Gasteiger partial charge < -0.3 is 0 Å². The Morgan fingerprint density at radius 2 is 2.12 bits per heavy atom. The second kappa shape index (κ2) is 4.21. The second-order valence-electron chi connectivity index (χ2n) is 4.09. The summed E-state index contributed by atoms with van der Waals surface area (Å²) in [6, 6.07) is 10.5. The molecule has 84 valence electrons. The zero-order valence-corrected chi connectivity index (χ0v) is 10.5. The predicted molar refractivity (Wildman–Crippen MR) is 61.7 cm³/mol. The first-order valence-corrected chi connectivity index (χ1v) is 7.30. The number of amides is 1. The Balaban J connectivity index is 1.62. The van der Waals surface area contributed by atoms with Crippen molar-refractivity contribution in [3.05, 3.63) is 30.3 Å². The summed E-state index contributed by atoms with van der Waals surface area (Å²) in [5.74, 6) is 0.249. The topological polar surface area (TPSA) is 29.5 Å². The second-order valence-corrected chi connectivity index (χ2v) is 6.97. The molecule has 2 atom stereocenters. The van der Waals surface area contributed by atoms with Crippen LogP contribution in [0.25, 0.3) is 0 Å². The third-order valence-corrected chi connectivity index (χ3v) is 5.38. The molecule has 0 aromatic heterocycles. The maximum atomic E-state index is 11.3. The van der Waals surface area contributed by atoms with E-state index in [9.17, 15) is 4.79 Å². The normalized spacial score (nSPS) is 28.5. The van der Waals surface area contributed by atoms with E-state index in [1.54, 1.807) is 0 Å². The molecule has 1 aromatic carbocycles. The number of hydrogen-bond donors (Lipinski definition) is 0. The van der Waals surface area contributed by atoms with Crippen molar-refractivity contribution in [3.63, 3.8) is 0 Å². The Kier molecular flexibility index (Phi) is 2.72. The van der Waals surface area contributed by atoms with Gasteiger partial charge in [0.15, 0.2) is 0 Å². The molecule has 2 aliphatic heterocycles. The van der Waals surface area contributed by atoms with Gasteiger partial charge in [-0.3, -0.25) is 0 Å². The Bertz CT molecular complexity index is 395. The van der Waals surface area contributed by atoms with Gasteiger partial charge in [-0.2, -0.15) is 0 Å². The van der Waals surface area contributed by atoms with Gasteiger partial charge in [0.2, 0.25) is 0 Å². The molecule has 4 heteroatoms. The first-order chi connectivity index (χ1) is 7.83. The number of rotatable bonds is 2. The number of fused-ring (bicyclic) bond motifs is 1. The molecule has 0 bridgehead atoms. The van der Waals surface area contributed by atoms with E-state index >= 15 is 0 Å². The van der Waals surface area contributed by atoms with Crippen molar-refractivity contribution in [1.82, 2.24) is 4.90 Å². The van der Waals surface area contributed by atoms with Gasteiger partial charge in [0.25, 0.3) is 0 Å². The molecule has 2 heterocycles. The summed E-state index contributed by atoms with van der Waals surface area (Å²) < 4.78 is 7.04. The fraction of sp³-hybridized carbons (Fsp3) is 0.417. The summed E-state index contributed by atoms with van der Waals surface area (Å²) in [6.07, 6.45) is 0.681. The maximum absolute atomic E-state index is 11.3. The molecule has 2 aliphatic rings. The fourth-order valence-corrected chi connectivity index (χ4v) is 4.31. The number of nitrogens with zero attached hydrogens (tertiary/aromatic N) is 1. The Morgan fingerprint density at radius 1 is 1.31 bits per heavy atom. The predicted octanol–water partition coefficient (Wildman–Crippen LogP) is 0.393. The van der Waals surface area contributed by atoms with Gasteiger partial charge in [-0.15, -0.1) is 0 Å². The van der Waals surface area contributed by atoms with Gasteiger partial charge in [-0.1, -0.05) is 0 Å². The standard InChI is InChI=1S/C12H13NO2Se/c14-11-6-12-13(11)7-10(8-15-12)16-9-4-2-1-3-5-9/h1-5,10,12H,6-8H2/t10?,12-/m1/s1. The Morgan fingerprint density at radius 3 is 2.88 bits per heavy atom. The zero-order valence-electron chi connectivity index (χ0n) is 8.83. The molecule has 2 fully saturated rings. The number of carbonyl (C=O) groups excluding carboxylic acids is 1. The molecule has 0 spiro atoms. The van der Waals surface area contributed by atoms with Crippen LogP contribution in [0.15, 0.2) is 30.3 Å². The molecule has 1 aromatic rings. The van der Waals surface area contributed by atoms with Gasteiger partial charge >= 0.3 is 101 Å². The summed E-state index contributed by atoms with van der Waals surface area (Å²) in [5, 5.41) is 0. The summed E-state index contributed by atoms with van der Waals surface area (Å²) in [4.78, 5) is 13.7. The number of ether oxygens (including phenoxy) is 1. The van der Waals surface area contributed by atoms with Crippen LogP contribution in [-0.2, 0) is 9.53 Å². The van der Waals surface area contributed by atoms with E-state index in [2.05, 4.69) is 24.3 Å². The molecule has 0 radical (unpaired) electrons. The van der Waals surface area contributed by atoms with Crippen LogP contribution in [0.4, 0.5) is 0 Å². The monoisotopic (exact) mass is 283 g/mol. The van der Waals surface area contributed by atoms with E-state index in [1.165, 1.54) is 4.46 Å². The van der Waals surface area contributed by atoms with Crippen molar-refractivity contribution in [2.45, 2.75) is 17.5 Å². The molecule has 3 rings (SSSR count). The number of hydrogen-bond acceptors (Lipinski definition) is 2. The van der Waals surface area contributed by atoms with E-state index in [-0.39, 0.29) is 12.1 Å². The van der Waals surface area contributed by atoms with E-state index in [0.717, 1.165) is 13.2 Å². The Labute approximate surface area is 101 Å².